The zero-order valence-corrected chi connectivity index (χ0v) is 14.1. The van der Waals surface area contributed by atoms with E-state index in [1.54, 1.807) is 7.11 Å². The Balaban J connectivity index is 1.84. The van der Waals surface area contributed by atoms with Gasteiger partial charge < -0.3 is 9.47 Å². The summed E-state index contributed by atoms with van der Waals surface area (Å²) in [4.78, 5) is 12.8. The van der Waals surface area contributed by atoms with Crippen molar-refractivity contribution in [2.75, 3.05) is 19.1 Å². The number of nitrogens with zero attached hydrogens (tertiary/aromatic N) is 1. The van der Waals surface area contributed by atoms with E-state index in [0.717, 1.165) is 22.6 Å². The summed E-state index contributed by atoms with van der Waals surface area (Å²) in [5.74, 6) is 1.32. The molecule has 1 aliphatic heterocycles. The van der Waals surface area contributed by atoms with Crippen molar-refractivity contribution < 1.29 is 14.3 Å². The van der Waals surface area contributed by atoms with Crippen molar-refractivity contribution in [2.24, 2.45) is 5.10 Å². The monoisotopic (exact) mass is 324 g/mol. The smallest absolute Gasteiger partial charge is 0.212 e. The van der Waals surface area contributed by atoms with Crippen LogP contribution >= 0.6 is 0 Å². The van der Waals surface area contributed by atoms with Crippen molar-refractivity contribution in [1.82, 2.24) is 0 Å². The van der Waals surface area contributed by atoms with Gasteiger partial charge in [-0.2, -0.15) is 5.10 Å². The highest BCUT2D eigenvalue weighted by Crippen LogP contribution is 2.27. The first-order chi connectivity index (χ1) is 11.6. The van der Waals surface area contributed by atoms with E-state index in [1.807, 2.05) is 50.2 Å². The van der Waals surface area contributed by atoms with Crippen molar-refractivity contribution in [1.29, 1.82) is 0 Å². The standard InChI is InChI=1S/C19H20N2O3/c1-12-10-16-18(11-13(12)2)24-9-8-17(19(16)22)21-20-14-4-6-15(23-3)7-5-14/h4-7,10-11,20H,8-9H2,1-3H3/b21-17-. The van der Waals surface area contributed by atoms with Gasteiger partial charge in [0.25, 0.3) is 0 Å². The van der Waals surface area contributed by atoms with Gasteiger partial charge in [-0.1, -0.05) is 0 Å². The number of hydrazone groups is 1. The van der Waals surface area contributed by atoms with Crippen LogP contribution < -0.4 is 14.9 Å². The number of carbonyl (C=O) groups excluding carboxylic acids is 1. The molecule has 0 atom stereocenters. The summed E-state index contributed by atoms with van der Waals surface area (Å²) in [6.07, 6.45) is 0.467. The maximum atomic E-state index is 12.8. The lowest BCUT2D eigenvalue weighted by atomic mass is 10.00. The van der Waals surface area contributed by atoms with Crippen LogP contribution in [0, 0.1) is 13.8 Å². The predicted octanol–water partition coefficient (Wildman–Crippen LogP) is 3.75. The highest BCUT2D eigenvalue weighted by atomic mass is 16.5. The zero-order chi connectivity index (χ0) is 17.1. The third-order valence-electron chi connectivity index (χ3n) is 4.11. The van der Waals surface area contributed by atoms with Gasteiger partial charge in [-0.05, 0) is 61.4 Å². The highest BCUT2D eigenvalue weighted by Gasteiger charge is 2.23. The zero-order valence-electron chi connectivity index (χ0n) is 14.1. The van der Waals surface area contributed by atoms with Crippen LogP contribution in [0.25, 0.3) is 0 Å². The first-order valence-corrected chi connectivity index (χ1v) is 7.84. The van der Waals surface area contributed by atoms with Crippen LogP contribution in [0.5, 0.6) is 11.5 Å². The van der Waals surface area contributed by atoms with Crippen LogP contribution in [0.15, 0.2) is 41.5 Å². The fourth-order valence-corrected chi connectivity index (χ4v) is 2.52. The van der Waals surface area contributed by atoms with Gasteiger partial charge in [-0.3, -0.25) is 10.2 Å². The second kappa shape index (κ2) is 6.74. The molecule has 2 aromatic carbocycles. The summed E-state index contributed by atoms with van der Waals surface area (Å²) >= 11 is 0. The van der Waals surface area contributed by atoms with Crippen molar-refractivity contribution in [3.05, 3.63) is 53.1 Å². The number of carbonyl (C=O) groups is 1. The fourth-order valence-electron chi connectivity index (χ4n) is 2.52. The third-order valence-corrected chi connectivity index (χ3v) is 4.11. The van der Waals surface area contributed by atoms with E-state index in [-0.39, 0.29) is 5.78 Å². The minimum Gasteiger partial charge on any atom is -0.497 e. The quantitative estimate of drug-likeness (QED) is 0.874. The van der Waals surface area contributed by atoms with E-state index >= 15 is 0 Å². The Kier molecular flexibility index (Phi) is 4.51. The molecule has 0 spiro atoms. The van der Waals surface area contributed by atoms with Crippen LogP contribution in [-0.4, -0.2) is 25.2 Å². The number of ketones is 1. The normalized spacial score (nSPS) is 15.5. The maximum Gasteiger partial charge on any atom is 0.212 e. The summed E-state index contributed by atoms with van der Waals surface area (Å²) in [5, 5.41) is 4.30. The summed E-state index contributed by atoms with van der Waals surface area (Å²) in [5.41, 5.74) is 6.94. The second-order valence-electron chi connectivity index (χ2n) is 5.76. The number of hydrogen-bond acceptors (Lipinski definition) is 5. The van der Waals surface area contributed by atoms with Gasteiger partial charge in [-0.15, -0.1) is 0 Å². The molecule has 24 heavy (non-hydrogen) atoms. The van der Waals surface area contributed by atoms with Crippen LogP contribution in [0.3, 0.4) is 0 Å². The fraction of sp³-hybridized carbons (Fsp3) is 0.263. The number of methoxy groups -OCH3 is 1. The lowest BCUT2D eigenvalue weighted by Crippen LogP contribution is -2.15. The highest BCUT2D eigenvalue weighted by molar-refractivity contribution is 6.46. The summed E-state index contributed by atoms with van der Waals surface area (Å²) < 4.78 is 10.8. The van der Waals surface area contributed by atoms with Crippen LogP contribution in [0.1, 0.15) is 27.9 Å². The van der Waals surface area contributed by atoms with Crippen LogP contribution in [0.2, 0.25) is 0 Å². The van der Waals surface area contributed by atoms with Gasteiger partial charge in [-0.25, -0.2) is 0 Å². The Morgan fingerprint density at radius 1 is 1.12 bits per heavy atom. The minimum absolute atomic E-state index is 0.0911. The molecular weight excluding hydrogens is 304 g/mol. The first kappa shape index (κ1) is 16.1. The van der Waals surface area contributed by atoms with Crippen LogP contribution in [0.4, 0.5) is 5.69 Å². The van der Waals surface area contributed by atoms with E-state index in [2.05, 4.69) is 10.5 Å². The van der Waals surface area contributed by atoms with Gasteiger partial charge in [0.15, 0.2) is 0 Å². The minimum atomic E-state index is -0.0911. The number of ether oxygens (including phenoxy) is 2. The van der Waals surface area contributed by atoms with E-state index in [0.29, 0.717) is 30.1 Å². The van der Waals surface area contributed by atoms with Crippen molar-refractivity contribution in [2.45, 2.75) is 20.3 Å². The average molecular weight is 324 g/mol. The Labute approximate surface area is 141 Å². The van der Waals surface area contributed by atoms with E-state index in [1.165, 1.54) is 0 Å². The topological polar surface area (TPSA) is 59.9 Å². The predicted molar refractivity (Wildman–Crippen MR) is 94.4 cm³/mol. The molecule has 0 amide bonds. The number of nitrogens with one attached hydrogen (secondary N) is 1. The van der Waals surface area contributed by atoms with E-state index in [4.69, 9.17) is 9.47 Å². The first-order valence-electron chi connectivity index (χ1n) is 7.84. The molecule has 0 saturated carbocycles. The molecule has 0 bridgehead atoms. The molecule has 0 aromatic heterocycles. The Morgan fingerprint density at radius 3 is 2.54 bits per heavy atom. The molecule has 0 aliphatic carbocycles. The molecule has 0 fully saturated rings. The molecule has 0 radical (unpaired) electrons. The van der Waals surface area contributed by atoms with Crippen LogP contribution in [-0.2, 0) is 0 Å². The Hall–Kier alpha value is -2.82. The second-order valence-corrected chi connectivity index (χ2v) is 5.76. The molecular formula is C19H20N2O3. The van der Waals surface area contributed by atoms with Crippen molar-refractivity contribution in [3.8, 4) is 11.5 Å². The average Bonchev–Trinajstić information content (AvgIpc) is 2.74. The molecule has 5 nitrogen and oxygen atoms in total. The number of fused-ring (bicyclic) bond motifs is 1. The summed E-state index contributed by atoms with van der Waals surface area (Å²) in [6, 6.07) is 11.2. The maximum absolute atomic E-state index is 12.8. The lowest BCUT2D eigenvalue weighted by Gasteiger charge is -2.09. The number of anilines is 1. The Morgan fingerprint density at radius 2 is 1.83 bits per heavy atom. The number of hydrogen-bond donors (Lipinski definition) is 1. The lowest BCUT2D eigenvalue weighted by molar-refractivity contribution is 0.106. The van der Waals surface area contributed by atoms with Crippen molar-refractivity contribution >= 4 is 17.2 Å². The molecule has 1 aliphatic rings. The van der Waals surface area contributed by atoms with Gasteiger partial charge in [0.1, 0.15) is 17.2 Å². The van der Waals surface area contributed by atoms with Gasteiger partial charge in [0.2, 0.25) is 5.78 Å². The third kappa shape index (κ3) is 3.25. The number of Topliss-reactive ketones (excluding diaryl/α,β-unsaturated/α-hetero) is 1. The number of rotatable bonds is 3. The molecule has 1 N–H and O–H groups in total. The summed E-state index contributed by atoms with van der Waals surface area (Å²) in [7, 11) is 1.62. The van der Waals surface area contributed by atoms with Gasteiger partial charge in [0, 0.05) is 6.42 Å². The Bertz CT molecular complexity index is 795. The molecule has 0 unspecified atom stereocenters. The molecule has 5 heteroatoms. The number of aryl methyl sites for hydroxylation is 2. The van der Waals surface area contributed by atoms with Gasteiger partial charge >= 0.3 is 0 Å². The SMILES string of the molecule is COc1ccc(N/N=C2/CCOc3cc(C)c(C)cc3C2=O)cc1. The molecule has 2 aromatic rings. The van der Waals surface area contributed by atoms with E-state index in [9.17, 15) is 4.79 Å². The van der Waals surface area contributed by atoms with Gasteiger partial charge in [0.05, 0.1) is 25.0 Å². The molecule has 3 rings (SSSR count). The molecule has 0 saturated heterocycles. The number of benzene rings is 2. The van der Waals surface area contributed by atoms with Crippen molar-refractivity contribution in [3.63, 3.8) is 0 Å². The van der Waals surface area contributed by atoms with E-state index < -0.39 is 0 Å². The summed E-state index contributed by atoms with van der Waals surface area (Å²) in [6.45, 7) is 4.43. The molecule has 124 valence electrons. The molecule has 1 heterocycles. The largest absolute Gasteiger partial charge is 0.497 e.